The largest absolute Gasteiger partial charge is 0.396 e. The van der Waals surface area contributed by atoms with Crippen LogP contribution < -0.4 is 0 Å². The molecule has 2 nitrogen and oxygen atoms in total. The van der Waals surface area contributed by atoms with E-state index in [1.54, 1.807) is 17.8 Å². The molecule has 0 spiro atoms. The second kappa shape index (κ2) is 8.13. The third-order valence-electron chi connectivity index (χ3n) is 2.08. The zero-order chi connectivity index (χ0) is 12.5. The Morgan fingerprint density at radius 1 is 1.29 bits per heavy atom. The number of aliphatic hydroxyl groups is 2. The van der Waals surface area contributed by atoms with Crippen LogP contribution in [0.1, 0.15) is 17.5 Å². The maximum Gasteiger partial charge on any atom is 0.124 e. The molecule has 0 atom stereocenters. The van der Waals surface area contributed by atoms with Crippen LogP contribution in [0.15, 0.2) is 18.2 Å². The Morgan fingerprint density at radius 3 is 2.82 bits per heavy atom. The average Bonchev–Trinajstić information content (AvgIpc) is 2.34. The molecular formula is C13H15FO2S. The zero-order valence-electron chi connectivity index (χ0n) is 9.45. The van der Waals surface area contributed by atoms with Gasteiger partial charge >= 0.3 is 0 Å². The van der Waals surface area contributed by atoms with Gasteiger partial charge in [-0.3, -0.25) is 0 Å². The van der Waals surface area contributed by atoms with Crippen molar-refractivity contribution in [2.75, 3.05) is 19.0 Å². The predicted molar refractivity (Wildman–Crippen MR) is 68.2 cm³/mol. The summed E-state index contributed by atoms with van der Waals surface area (Å²) in [5, 5.41) is 17.3. The van der Waals surface area contributed by atoms with Crippen molar-refractivity contribution in [1.29, 1.82) is 0 Å². The van der Waals surface area contributed by atoms with Crippen molar-refractivity contribution in [2.24, 2.45) is 0 Å². The van der Waals surface area contributed by atoms with Crippen molar-refractivity contribution in [3.8, 4) is 11.8 Å². The summed E-state index contributed by atoms with van der Waals surface area (Å²) >= 11 is 1.67. The van der Waals surface area contributed by atoms with Gasteiger partial charge in [-0.05, 0) is 29.9 Å². The molecule has 17 heavy (non-hydrogen) atoms. The van der Waals surface area contributed by atoms with E-state index in [9.17, 15) is 4.39 Å². The highest BCUT2D eigenvalue weighted by molar-refractivity contribution is 7.98. The van der Waals surface area contributed by atoms with Gasteiger partial charge in [0.15, 0.2) is 0 Å². The van der Waals surface area contributed by atoms with Crippen LogP contribution in [0.5, 0.6) is 0 Å². The van der Waals surface area contributed by atoms with Crippen LogP contribution in [0.4, 0.5) is 4.39 Å². The molecule has 0 unspecified atom stereocenters. The Kier molecular flexibility index (Phi) is 6.71. The molecule has 1 aromatic carbocycles. The standard InChI is InChI=1S/C13H15FO2S/c14-13-5-4-12(10-17-8-2-7-16)11(9-13)3-1-6-15/h4-5,9,15-16H,2,6-8,10H2. The van der Waals surface area contributed by atoms with Gasteiger partial charge in [0.2, 0.25) is 0 Å². The molecule has 0 aliphatic carbocycles. The quantitative estimate of drug-likeness (QED) is 0.621. The van der Waals surface area contributed by atoms with Crippen LogP contribution in [0.3, 0.4) is 0 Å². The van der Waals surface area contributed by atoms with E-state index in [0.29, 0.717) is 5.56 Å². The minimum Gasteiger partial charge on any atom is -0.396 e. The van der Waals surface area contributed by atoms with Crippen LogP contribution in [-0.4, -0.2) is 29.2 Å². The first-order chi connectivity index (χ1) is 8.27. The maximum atomic E-state index is 13.0. The molecule has 0 radical (unpaired) electrons. The molecule has 0 aliphatic heterocycles. The highest BCUT2D eigenvalue weighted by Gasteiger charge is 2.02. The molecular weight excluding hydrogens is 239 g/mol. The van der Waals surface area contributed by atoms with E-state index in [2.05, 4.69) is 11.8 Å². The van der Waals surface area contributed by atoms with Gasteiger partial charge in [-0.25, -0.2) is 4.39 Å². The Bertz CT molecular complexity index is 410. The van der Waals surface area contributed by atoms with Crippen LogP contribution in [0.2, 0.25) is 0 Å². The Balaban J connectivity index is 2.69. The summed E-state index contributed by atoms with van der Waals surface area (Å²) in [6.07, 6.45) is 0.753. The van der Waals surface area contributed by atoms with Gasteiger partial charge in [-0.15, -0.1) is 0 Å². The van der Waals surface area contributed by atoms with Gasteiger partial charge in [0, 0.05) is 17.9 Å². The molecule has 4 heteroatoms. The van der Waals surface area contributed by atoms with E-state index < -0.39 is 0 Å². The number of halogens is 1. The smallest absolute Gasteiger partial charge is 0.124 e. The molecule has 1 rings (SSSR count). The first kappa shape index (κ1) is 14.0. The second-order valence-corrected chi connectivity index (χ2v) is 4.50. The summed E-state index contributed by atoms with van der Waals surface area (Å²) in [4.78, 5) is 0. The van der Waals surface area contributed by atoms with E-state index in [1.807, 2.05) is 0 Å². The lowest BCUT2D eigenvalue weighted by atomic mass is 10.1. The lowest BCUT2D eigenvalue weighted by molar-refractivity contribution is 0.296. The lowest BCUT2D eigenvalue weighted by Gasteiger charge is -2.04. The van der Waals surface area contributed by atoms with Crippen molar-refractivity contribution in [3.05, 3.63) is 35.1 Å². The van der Waals surface area contributed by atoms with Gasteiger partial charge in [-0.2, -0.15) is 11.8 Å². The summed E-state index contributed by atoms with van der Waals surface area (Å²) in [5.74, 6) is 6.54. The van der Waals surface area contributed by atoms with E-state index in [0.717, 1.165) is 23.5 Å². The summed E-state index contributed by atoms with van der Waals surface area (Å²) in [7, 11) is 0. The van der Waals surface area contributed by atoms with Crippen molar-refractivity contribution < 1.29 is 14.6 Å². The van der Waals surface area contributed by atoms with Gasteiger partial charge in [0.1, 0.15) is 12.4 Å². The fourth-order valence-electron chi connectivity index (χ4n) is 1.27. The zero-order valence-corrected chi connectivity index (χ0v) is 10.3. The SMILES string of the molecule is OCC#Cc1cc(F)ccc1CSCCCO. The van der Waals surface area contributed by atoms with Crippen LogP contribution in [-0.2, 0) is 5.75 Å². The van der Waals surface area contributed by atoms with Crippen molar-refractivity contribution in [1.82, 2.24) is 0 Å². The number of benzene rings is 1. The minimum absolute atomic E-state index is 0.188. The molecule has 0 heterocycles. The van der Waals surface area contributed by atoms with E-state index >= 15 is 0 Å². The van der Waals surface area contributed by atoms with Crippen molar-refractivity contribution >= 4 is 11.8 Å². The third kappa shape index (κ3) is 5.22. The molecule has 0 amide bonds. The molecule has 1 aromatic rings. The highest BCUT2D eigenvalue weighted by Crippen LogP contribution is 2.17. The van der Waals surface area contributed by atoms with Gasteiger partial charge in [0.25, 0.3) is 0 Å². The Labute approximate surface area is 105 Å². The number of hydrogen-bond donors (Lipinski definition) is 2. The first-order valence-electron chi connectivity index (χ1n) is 5.34. The molecule has 92 valence electrons. The maximum absolute atomic E-state index is 13.0. The molecule has 0 saturated carbocycles. The van der Waals surface area contributed by atoms with Gasteiger partial charge < -0.3 is 10.2 Å². The topological polar surface area (TPSA) is 40.5 Å². The number of aliphatic hydroxyl groups excluding tert-OH is 2. The fraction of sp³-hybridized carbons (Fsp3) is 0.385. The van der Waals surface area contributed by atoms with Crippen molar-refractivity contribution in [3.63, 3.8) is 0 Å². The molecule has 0 bridgehead atoms. The van der Waals surface area contributed by atoms with Crippen LogP contribution in [0.25, 0.3) is 0 Å². The monoisotopic (exact) mass is 254 g/mol. The van der Waals surface area contributed by atoms with Crippen LogP contribution >= 0.6 is 11.8 Å². The first-order valence-corrected chi connectivity index (χ1v) is 6.50. The van der Waals surface area contributed by atoms with Gasteiger partial charge in [-0.1, -0.05) is 17.9 Å². The number of hydrogen-bond acceptors (Lipinski definition) is 3. The summed E-state index contributed by atoms with van der Waals surface area (Å²) in [5.41, 5.74) is 1.57. The molecule has 2 N–H and O–H groups in total. The molecule has 0 saturated heterocycles. The average molecular weight is 254 g/mol. The normalized spacial score (nSPS) is 9.82. The predicted octanol–water partition coefficient (Wildman–Crippen LogP) is 1.79. The van der Waals surface area contributed by atoms with Gasteiger partial charge in [0.05, 0.1) is 0 Å². The highest BCUT2D eigenvalue weighted by atomic mass is 32.2. The third-order valence-corrected chi connectivity index (χ3v) is 3.17. The van der Waals surface area contributed by atoms with Crippen LogP contribution in [0, 0.1) is 17.7 Å². The second-order valence-electron chi connectivity index (χ2n) is 3.39. The van der Waals surface area contributed by atoms with E-state index in [-0.39, 0.29) is 19.0 Å². The van der Waals surface area contributed by atoms with E-state index in [1.165, 1.54) is 12.1 Å². The summed E-state index contributed by atoms with van der Waals surface area (Å²) in [6, 6.07) is 4.50. The summed E-state index contributed by atoms with van der Waals surface area (Å²) < 4.78 is 13.0. The number of rotatable bonds is 5. The summed E-state index contributed by atoms with van der Waals surface area (Å²) in [6.45, 7) is -0.0405. The Hall–Kier alpha value is -1.02. The fourth-order valence-corrected chi connectivity index (χ4v) is 2.22. The molecule has 0 aliphatic rings. The lowest BCUT2D eigenvalue weighted by Crippen LogP contribution is -1.92. The minimum atomic E-state index is -0.323. The molecule has 0 fully saturated rings. The van der Waals surface area contributed by atoms with Crippen molar-refractivity contribution in [2.45, 2.75) is 12.2 Å². The molecule has 0 aromatic heterocycles. The Morgan fingerprint density at radius 2 is 2.12 bits per heavy atom. The number of thioether (sulfide) groups is 1. The van der Waals surface area contributed by atoms with E-state index in [4.69, 9.17) is 10.2 Å².